The van der Waals surface area contributed by atoms with Gasteiger partial charge in [-0.1, -0.05) is 30.3 Å². The van der Waals surface area contributed by atoms with Gasteiger partial charge in [0.1, 0.15) is 6.54 Å². The Kier molecular flexibility index (Phi) is 5.60. The first-order valence-electron chi connectivity index (χ1n) is 8.70. The van der Waals surface area contributed by atoms with Crippen LogP contribution in [0.3, 0.4) is 0 Å². The molecule has 2 aromatic rings. The number of aromatic nitrogens is 2. The van der Waals surface area contributed by atoms with Crippen LogP contribution in [0.4, 0.5) is 0 Å². The summed E-state index contributed by atoms with van der Waals surface area (Å²) >= 11 is 0. The minimum Gasteiger partial charge on any atom is -0.376 e. The molecule has 0 bridgehead atoms. The summed E-state index contributed by atoms with van der Waals surface area (Å²) in [6.45, 7) is 3.80. The quantitative estimate of drug-likeness (QED) is 0.805. The number of hydrogen-bond acceptors (Lipinski definition) is 4. The first-order valence-corrected chi connectivity index (χ1v) is 8.70. The minimum atomic E-state index is -0.277. The van der Waals surface area contributed by atoms with E-state index in [1.165, 1.54) is 10.7 Å². The van der Waals surface area contributed by atoms with Crippen LogP contribution in [0.25, 0.3) is 11.3 Å². The number of carbonyl (C=O) groups is 1. The maximum absolute atomic E-state index is 12.6. The van der Waals surface area contributed by atoms with Gasteiger partial charge in [-0.05, 0) is 25.8 Å². The highest BCUT2D eigenvalue weighted by Gasteiger charge is 2.22. The van der Waals surface area contributed by atoms with Crippen molar-refractivity contribution in [2.24, 2.45) is 0 Å². The van der Waals surface area contributed by atoms with Crippen LogP contribution < -0.4 is 5.56 Å². The monoisotopic (exact) mass is 341 g/mol. The van der Waals surface area contributed by atoms with E-state index in [0.29, 0.717) is 18.8 Å². The molecule has 6 nitrogen and oxygen atoms in total. The van der Waals surface area contributed by atoms with Gasteiger partial charge >= 0.3 is 0 Å². The molecule has 25 heavy (non-hydrogen) atoms. The maximum Gasteiger partial charge on any atom is 0.267 e. The molecule has 0 aliphatic carbocycles. The third-order valence-corrected chi connectivity index (χ3v) is 4.40. The van der Waals surface area contributed by atoms with E-state index in [4.69, 9.17) is 4.74 Å². The molecule has 1 fully saturated rings. The van der Waals surface area contributed by atoms with Gasteiger partial charge in [0.15, 0.2) is 0 Å². The summed E-state index contributed by atoms with van der Waals surface area (Å²) in [5, 5.41) is 4.36. The fourth-order valence-corrected chi connectivity index (χ4v) is 2.99. The Morgan fingerprint density at radius 2 is 2.08 bits per heavy atom. The Morgan fingerprint density at radius 3 is 2.76 bits per heavy atom. The lowest BCUT2D eigenvalue weighted by Gasteiger charge is -2.24. The molecular weight excluding hydrogens is 318 g/mol. The van der Waals surface area contributed by atoms with Gasteiger partial charge in [-0.15, -0.1) is 0 Å². The average Bonchev–Trinajstić information content (AvgIpc) is 3.15. The van der Waals surface area contributed by atoms with Crippen molar-refractivity contribution in [2.45, 2.75) is 32.4 Å². The lowest BCUT2D eigenvalue weighted by molar-refractivity contribution is -0.133. The molecule has 1 atom stereocenters. The fraction of sp³-hybridized carbons (Fsp3) is 0.421. The number of hydrogen-bond donors (Lipinski definition) is 0. The third kappa shape index (κ3) is 4.33. The SMILES string of the molecule is CCN(CC1CCCO1)C(=O)Cn1nc(-c2ccccc2)ccc1=O. The second kappa shape index (κ2) is 8.07. The molecule has 3 rings (SSSR count). The Morgan fingerprint density at radius 1 is 1.28 bits per heavy atom. The van der Waals surface area contributed by atoms with Crippen LogP contribution in [-0.2, 0) is 16.1 Å². The summed E-state index contributed by atoms with van der Waals surface area (Å²) in [6.07, 6.45) is 2.12. The van der Waals surface area contributed by atoms with E-state index >= 15 is 0 Å². The van der Waals surface area contributed by atoms with Crippen LogP contribution >= 0.6 is 0 Å². The molecule has 0 saturated carbocycles. The van der Waals surface area contributed by atoms with Gasteiger partial charge in [-0.25, -0.2) is 4.68 Å². The molecule has 0 radical (unpaired) electrons. The summed E-state index contributed by atoms with van der Waals surface area (Å²) in [5.41, 5.74) is 1.31. The zero-order chi connectivity index (χ0) is 17.6. The van der Waals surface area contributed by atoms with Crippen molar-refractivity contribution in [3.63, 3.8) is 0 Å². The largest absolute Gasteiger partial charge is 0.376 e. The lowest BCUT2D eigenvalue weighted by atomic mass is 10.1. The van der Waals surface area contributed by atoms with Crippen LogP contribution in [0.1, 0.15) is 19.8 Å². The second-order valence-corrected chi connectivity index (χ2v) is 6.15. The van der Waals surface area contributed by atoms with Crippen LogP contribution in [0, 0.1) is 0 Å². The van der Waals surface area contributed by atoms with Crippen molar-refractivity contribution >= 4 is 5.91 Å². The van der Waals surface area contributed by atoms with Crippen molar-refractivity contribution < 1.29 is 9.53 Å². The molecule has 1 amide bonds. The van der Waals surface area contributed by atoms with E-state index < -0.39 is 0 Å². The van der Waals surface area contributed by atoms with Gasteiger partial charge < -0.3 is 9.64 Å². The van der Waals surface area contributed by atoms with Gasteiger partial charge in [0, 0.05) is 31.3 Å². The van der Waals surface area contributed by atoms with Gasteiger partial charge in [0.05, 0.1) is 11.8 Å². The second-order valence-electron chi connectivity index (χ2n) is 6.15. The zero-order valence-corrected chi connectivity index (χ0v) is 14.4. The molecule has 2 heterocycles. The van der Waals surface area contributed by atoms with E-state index in [1.807, 2.05) is 37.3 Å². The van der Waals surface area contributed by atoms with Gasteiger partial charge in [-0.3, -0.25) is 9.59 Å². The predicted molar refractivity (Wildman–Crippen MR) is 95.2 cm³/mol. The highest BCUT2D eigenvalue weighted by Crippen LogP contribution is 2.15. The molecule has 132 valence electrons. The number of carbonyl (C=O) groups excluding carboxylic acids is 1. The van der Waals surface area contributed by atoms with Crippen molar-refractivity contribution in [2.75, 3.05) is 19.7 Å². The number of amides is 1. The summed E-state index contributed by atoms with van der Waals surface area (Å²) < 4.78 is 6.85. The molecule has 1 unspecified atom stereocenters. The Hall–Kier alpha value is -2.47. The van der Waals surface area contributed by atoms with Gasteiger partial charge in [-0.2, -0.15) is 5.10 Å². The van der Waals surface area contributed by atoms with Crippen molar-refractivity contribution in [1.82, 2.24) is 14.7 Å². The molecule has 1 aliphatic rings. The smallest absolute Gasteiger partial charge is 0.267 e. The van der Waals surface area contributed by atoms with Crippen LogP contribution in [0.15, 0.2) is 47.3 Å². The zero-order valence-electron chi connectivity index (χ0n) is 14.4. The highest BCUT2D eigenvalue weighted by atomic mass is 16.5. The van der Waals surface area contributed by atoms with Crippen LogP contribution in [0.5, 0.6) is 0 Å². The van der Waals surface area contributed by atoms with Gasteiger partial charge in [0.25, 0.3) is 5.56 Å². The summed E-state index contributed by atoms with van der Waals surface area (Å²) in [5.74, 6) is -0.113. The number of rotatable bonds is 6. The van der Waals surface area contributed by atoms with E-state index in [-0.39, 0.29) is 24.1 Å². The molecule has 1 aliphatic heterocycles. The standard InChI is InChI=1S/C19H23N3O3/c1-2-21(13-16-9-6-12-25-16)19(24)14-22-18(23)11-10-17(20-22)15-7-4-3-5-8-15/h3-5,7-8,10-11,16H,2,6,9,12-14H2,1H3. The molecule has 1 aromatic heterocycles. The van der Waals surface area contributed by atoms with Crippen molar-refractivity contribution in [3.8, 4) is 11.3 Å². The van der Waals surface area contributed by atoms with Crippen LogP contribution in [0.2, 0.25) is 0 Å². The lowest BCUT2D eigenvalue weighted by Crippen LogP contribution is -2.41. The van der Waals surface area contributed by atoms with Crippen molar-refractivity contribution in [3.05, 3.63) is 52.8 Å². The molecular formula is C19H23N3O3. The number of ether oxygens (including phenoxy) is 1. The third-order valence-electron chi connectivity index (χ3n) is 4.40. The first kappa shape index (κ1) is 17.4. The predicted octanol–water partition coefficient (Wildman–Crippen LogP) is 1.94. The van der Waals surface area contributed by atoms with E-state index in [2.05, 4.69) is 5.10 Å². The topological polar surface area (TPSA) is 64.4 Å². The van der Waals surface area contributed by atoms with E-state index in [0.717, 1.165) is 25.0 Å². The number of nitrogens with zero attached hydrogens (tertiary/aromatic N) is 3. The first-order chi connectivity index (χ1) is 12.2. The van der Waals surface area contributed by atoms with E-state index in [9.17, 15) is 9.59 Å². The minimum absolute atomic E-state index is 0.0555. The maximum atomic E-state index is 12.6. The summed E-state index contributed by atoms with van der Waals surface area (Å²) in [4.78, 5) is 26.4. The number of likely N-dealkylation sites (N-methyl/N-ethyl adjacent to an activating group) is 1. The van der Waals surface area contributed by atoms with Gasteiger partial charge in [0.2, 0.25) is 5.91 Å². The highest BCUT2D eigenvalue weighted by molar-refractivity contribution is 5.76. The summed E-state index contributed by atoms with van der Waals surface area (Å²) in [6, 6.07) is 12.7. The molecule has 1 aromatic carbocycles. The number of benzene rings is 1. The molecule has 6 heteroatoms. The average molecular weight is 341 g/mol. The normalized spacial score (nSPS) is 16.8. The Labute approximate surface area is 147 Å². The summed E-state index contributed by atoms with van der Waals surface area (Å²) in [7, 11) is 0. The Bertz CT molecular complexity index is 767. The Balaban J connectivity index is 1.74. The fourth-order valence-electron chi connectivity index (χ4n) is 2.99. The molecule has 0 spiro atoms. The van der Waals surface area contributed by atoms with Crippen molar-refractivity contribution in [1.29, 1.82) is 0 Å². The molecule has 0 N–H and O–H groups in total. The van der Waals surface area contributed by atoms with Crippen LogP contribution in [-0.4, -0.2) is 46.4 Å². The molecule has 1 saturated heterocycles. The van der Waals surface area contributed by atoms with E-state index in [1.54, 1.807) is 11.0 Å².